The highest BCUT2D eigenvalue weighted by Gasteiger charge is 2.25. The molecular formula is C12H16INO5S. The summed E-state index contributed by atoms with van der Waals surface area (Å²) in [6, 6.07) is 3.99. The first-order chi connectivity index (χ1) is 9.34. The van der Waals surface area contributed by atoms with E-state index >= 15 is 0 Å². The highest BCUT2D eigenvalue weighted by atomic mass is 127. The van der Waals surface area contributed by atoms with Gasteiger partial charge in [-0.25, -0.2) is 13.2 Å². The van der Waals surface area contributed by atoms with Crippen molar-refractivity contribution in [1.29, 1.82) is 0 Å². The van der Waals surface area contributed by atoms with Crippen LogP contribution in [-0.2, 0) is 10.0 Å². The number of aliphatic hydroxyl groups excluding tert-OH is 1. The molecule has 1 aromatic rings. The van der Waals surface area contributed by atoms with E-state index in [0.29, 0.717) is 9.99 Å². The number of rotatable bonds is 7. The van der Waals surface area contributed by atoms with Gasteiger partial charge >= 0.3 is 5.97 Å². The number of carboxylic acids is 1. The van der Waals surface area contributed by atoms with Crippen molar-refractivity contribution >= 4 is 38.6 Å². The normalized spacial score (nSPS) is 11.8. The molecular weight excluding hydrogens is 397 g/mol. The van der Waals surface area contributed by atoms with E-state index in [9.17, 15) is 13.2 Å². The van der Waals surface area contributed by atoms with Gasteiger partial charge in [0.15, 0.2) is 0 Å². The summed E-state index contributed by atoms with van der Waals surface area (Å²) in [4.78, 5) is 11.0. The lowest BCUT2D eigenvalue weighted by molar-refractivity contribution is 0.0695. The Morgan fingerprint density at radius 3 is 2.50 bits per heavy atom. The summed E-state index contributed by atoms with van der Waals surface area (Å²) in [5.74, 6) is -1.17. The second-order valence-corrected chi connectivity index (χ2v) is 7.17. The Labute approximate surface area is 131 Å². The Morgan fingerprint density at radius 2 is 2.00 bits per heavy atom. The molecule has 8 heteroatoms. The second-order valence-electron chi connectivity index (χ2n) is 4.07. The van der Waals surface area contributed by atoms with E-state index in [-0.39, 0.29) is 30.2 Å². The first-order valence-electron chi connectivity index (χ1n) is 5.98. The van der Waals surface area contributed by atoms with Gasteiger partial charge in [-0.2, -0.15) is 4.31 Å². The first kappa shape index (κ1) is 17.3. The fourth-order valence-corrected chi connectivity index (χ4v) is 3.81. The first-order valence-corrected chi connectivity index (χ1v) is 8.50. The molecule has 0 radical (unpaired) electrons. The molecule has 1 rings (SSSR count). The van der Waals surface area contributed by atoms with E-state index in [2.05, 4.69) is 0 Å². The van der Waals surface area contributed by atoms with Crippen LogP contribution in [0.2, 0.25) is 0 Å². The van der Waals surface area contributed by atoms with E-state index < -0.39 is 16.0 Å². The lowest BCUT2D eigenvalue weighted by Gasteiger charge is -2.20. The van der Waals surface area contributed by atoms with Crippen LogP contribution in [0.25, 0.3) is 0 Å². The van der Waals surface area contributed by atoms with E-state index in [0.717, 1.165) is 10.4 Å². The zero-order chi connectivity index (χ0) is 15.3. The van der Waals surface area contributed by atoms with Gasteiger partial charge in [-0.05, 0) is 47.2 Å². The van der Waals surface area contributed by atoms with Crippen LogP contribution in [0.1, 0.15) is 23.7 Å². The molecule has 2 N–H and O–H groups in total. The van der Waals surface area contributed by atoms with Crippen molar-refractivity contribution < 1.29 is 23.4 Å². The van der Waals surface area contributed by atoms with Gasteiger partial charge in [0, 0.05) is 16.7 Å². The Morgan fingerprint density at radius 1 is 1.35 bits per heavy atom. The van der Waals surface area contributed by atoms with Crippen LogP contribution >= 0.6 is 22.6 Å². The molecule has 0 amide bonds. The third-order valence-electron chi connectivity index (χ3n) is 2.63. The number of carboxylic acid groups (broad SMARTS) is 1. The smallest absolute Gasteiger partial charge is 0.336 e. The average Bonchev–Trinajstić information content (AvgIpc) is 2.38. The molecule has 0 spiro atoms. The van der Waals surface area contributed by atoms with E-state index in [1.54, 1.807) is 0 Å². The molecule has 6 nitrogen and oxygen atoms in total. The Balaban J connectivity index is 3.26. The maximum atomic E-state index is 12.4. The molecule has 112 valence electrons. The minimum absolute atomic E-state index is 0.00936. The monoisotopic (exact) mass is 413 g/mol. The molecule has 0 aliphatic rings. The van der Waals surface area contributed by atoms with Crippen molar-refractivity contribution in [2.75, 3.05) is 19.7 Å². The van der Waals surface area contributed by atoms with Crippen molar-refractivity contribution in [3.8, 4) is 0 Å². The highest BCUT2D eigenvalue weighted by Crippen LogP contribution is 2.21. The standard InChI is InChI=1S/C12H16INO5S/c1-2-5-14(6-7-15)20(18,19)9-3-4-11(13)10(8-9)12(16)17/h3-4,8,15H,2,5-7H2,1H3,(H,16,17). The third-order valence-corrected chi connectivity index (χ3v) is 5.46. The van der Waals surface area contributed by atoms with Crippen LogP contribution in [-0.4, -0.2) is 48.6 Å². The molecule has 20 heavy (non-hydrogen) atoms. The molecule has 0 unspecified atom stereocenters. The Bertz CT molecular complexity index is 582. The molecule has 0 atom stereocenters. The summed E-state index contributed by atoms with van der Waals surface area (Å²) in [5.41, 5.74) is -0.0490. The Hall–Kier alpha value is -0.710. The van der Waals surface area contributed by atoms with Crippen molar-refractivity contribution in [3.05, 3.63) is 27.3 Å². The van der Waals surface area contributed by atoms with Crippen LogP contribution < -0.4 is 0 Å². The number of aromatic carboxylic acids is 1. The van der Waals surface area contributed by atoms with E-state index in [1.165, 1.54) is 12.1 Å². The largest absolute Gasteiger partial charge is 0.478 e. The van der Waals surface area contributed by atoms with Gasteiger partial charge in [0.2, 0.25) is 10.0 Å². The number of hydrogen-bond donors (Lipinski definition) is 2. The predicted molar refractivity (Wildman–Crippen MR) is 82.3 cm³/mol. The molecule has 0 bridgehead atoms. The molecule has 0 saturated heterocycles. The quantitative estimate of drug-likeness (QED) is 0.659. The van der Waals surface area contributed by atoms with Crippen molar-refractivity contribution in [1.82, 2.24) is 4.31 Å². The van der Waals surface area contributed by atoms with Crippen LogP contribution in [0.3, 0.4) is 0 Å². The Kier molecular flexibility index (Phi) is 6.37. The second kappa shape index (κ2) is 7.34. The van der Waals surface area contributed by atoms with Crippen LogP contribution in [0, 0.1) is 3.57 Å². The molecule has 0 aromatic heterocycles. The highest BCUT2D eigenvalue weighted by molar-refractivity contribution is 14.1. The molecule has 0 saturated carbocycles. The molecule has 0 fully saturated rings. The van der Waals surface area contributed by atoms with Gasteiger partial charge in [-0.1, -0.05) is 6.92 Å². The number of halogens is 1. The summed E-state index contributed by atoms with van der Waals surface area (Å²) in [6.07, 6.45) is 0.607. The fraction of sp³-hybridized carbons (Fsp3) is 0.417. The number of carbonyl (C=O) groups is 1. The van der Waals surface area contributed by atoms with Gasteiger partial charge < -0.3 is 10.2 Å². The summed E-state index contributed by atoms with van der Waals surface area (Å²) in [6.45, 7) is 1.81. The predicted octanol–water partition coefficient (Wildman–Crippen LogP) is 1.38. The lowest BCUT2D eigenvalue weighted by Crippen LogP contribution is -2.34. The van der Waals surface area contributed by atoms with Gasteiger partial charge in [0.1, 0.15) is 0 Å². The molecule has 0 aliphatic carbocycles. The van der Waals surface area contributed by atoms with Crippen molar-refractivity contribution in [2.24, 2.45) is 0 Å². The van der Waals surface area contributed by atoms with Gasteiger partial charge in [-0.15, -0.1) is 0 Å². The SMILES string of the molecule is CCCN(CCO)S(=O)(=O)c1ccc(I)c(C(=O)O)c1. The van der Waals surface area contributed by atoms with Crippen LogP contribution in [0.4, 0.5) is 0 Å². The summed E-state index contributed by atoms with van der Waals surface area (Å²) < 4.78 is 26.5. The van der Waals surface area contributed by atoms with Crippen LogP contribution in [0.15, 0.2) is 23.1 Å². The maximum Gasteiger partial charge on any atom is 0.336 e. The molecule has 0 aliphatic heterocycles. The van der Waals surface area contributed by atoms with Crippen molar-refractivity contribution in [3.63, 3.8) is 0 Å². The van der Waals surface area contributed by atoms with Crippen molar-refractivity contribution in [2.45, 2.75) is 18.2 Å². The van der Waals surface area contributed by atoms with Crippen LogP contribution in [0.5, 0.6) is 0 Å². The summed E-state index contributed by atoms with van der Waals surface area (Å²) in [5, 5.41) is 18.0. The summed E-state index contributed by atoms with van der Waals surface area (Å²) >= 11 is 1.84. The number of sulfonamides is 1. The number of hydrogen-bond acceptors (Lipinski definition) is 4. The topological polar surface area (TPSA) is 94.9 Å². The summed E-state index contributed by atoms with van der Waals surface area (Å²) in [7, 11) is -3.79. The zero-order valence-corrected chi connectivity index (χ0v) is 13.9. The number of benzene rings is 1. The minimum Gasteiger partial charge on any atom is -0.478 e. The average molecular weight is 413 g/mol. The maximum absolute atomic E-state index is 12.4. The molecule has 0 heterocycles. The minimum atomic E-state index is -3.79. The third kappa shape index (κ3) is 3.90. The van der Waals surface area contributed by atoms with Gasteiger partial charge in [0.05, 0.1) is 17.1 Å². The fourth-order valence-electron chi connectivity index (χ4n) is 1.69. The number of nitrogens with zero attached hydrogens (tertiary/aromatic N) is 1. The van der Waals surface area contributed by atoms with Gasteiger partial charge in [-0.3, -0.25) is 0 Å². The number of aliphatic hydroxyl groups is 1. The molecule has 1 aromatic carbocycles. The lowest BCUT2D eigenvalue weighted by atomic mass is 10.2. The van der Waals surface area contributed by atoms with E-state index in [4.69, 9.17) is 10.2 Å². The van der Waals surface area contributed by atoms with Gasteiger partial charge in [0.25, 0.3) is 0 Å². The van der Waals surface area contributed by atoms with E-state index in [1.807, 2.05) is 29.5 Å². The zero-order valence-electron chi connectivity index (χ0n) is 10.9.